The summed E-state index contributed by atoms with van der Waals surface area (Å²) >= 11 is 0. The summed E-state index contributed by atoms with van der Waals surface area (Å²) in [7, 11) is -0.0597. The summed E-state index contributed by atoms with van der Waals surface area (Å²) < 4.78 is 0. The van der Waals surface area contributed by atoms with Crippen LogP contribution in [0.25, 0.3) is 0 Å². The molecule has 1 rings (SSSR count). The highest BCUT2D eigenvalue weighted by molar-refractivity contribution is 8.23. The molecular formula is C10H19NS. The van der Waals surface area contributed by atoms with E-state index in [4.69, 9.17) is 5.73 Å². The Hall–Kier alpha value is -0.370. The first-order valence-electron chi connectivity index (χ1n) is 4.41. The minimum Gasteiger partial charge on any atom is -0.398 e. The molecule has 2 N–H and O–H groups in total. The molecule has 2 heteroatoms. The molecular weight excluding hydrogens is 166 g/mol. The summed E-state index contributed by atoms with van der Waals surface area (Å²) in [5.74, 6) is 1.22. The first-order valence-corrected chi connectivity index (χ1v) is 6.01. The average molecular weight is 185 g/mol. The molecule has 1 atom stereocenters. The summed E-state index contributed by atoms with van der Waals surface area (Å²) in [6.07, 6.45) is 2.16. The summed E-state index contributed by atoms with van der Waals surface area (Å²) in [5.41, 5.74) is 7.05. The third-order valence-electron chi connectivity index (χ3n) is 2.03. The van der Waals surface area contributed by atoms with E-state index in [2.05, 4.69) is 39.2 Å². The van der Waals surface area contributed by atoms with Crippen LogP contribution in [0.2, 0.25) is 0 Å². The van der Waals surface area contributed by atoms with Gasteiger partial charge in [-0.05, 0) is 27.6 Å². The molecule has 1 nitrogen and oxygen atoms in total. The van der Waals surface area contributed by atoms with E-state index >= 15 is 0 Å². The number of hydrogen-bond acceptors (Lipinski definition) is 1. The van der Waals surface area contributed by atoms with E-state index in [1.807, 2.05) is 0 Å². The van der Waals surface area contributed by atoms with Crippen molar-refractivity contribution in [2.45, 2.75) is 27.7 Å². The van der Waals surface area contributed by atoms with E-state index in [9.17, 15) is 0 Å². The van der Waals surface area contributed by atoms with Crippen LogP contribution in [0.1, 0.15) is 27.7 Å². The largest absolute Gasteiger partial charge is 0.398 e. The number of allylic oxidation sites excluding steroid dienone is 2. The summed E-state index contributed by atoms with van der Waals surface area (Å²) in [6, 6.07) is 0. The molecule has 0 bridgehead atoms. The highest BCUT2D eigenvalue weighted by Gasteiger charge is 2.24. The molecule has 0 saturated heterocycles. The van der Waals surface area contributed by atoms with Crippen LogP contribution in [-0.2, 0) is 0 Å². The molecule has 0 aliphatic carbocycles. The lowest BCUT2D eigenvalue weighted by Gasteiger charge is -2.27. The molecule has 0 aromatic heterocycles. The molecule has 0 aromatic carbocycles. The molecule has 0 saturated carbocycles. The van der Waals surface area contributed by atoms with Crippen LogP contribution in [0, 0.1) is 5.41 Å². The second-order valence-electron chi connectivity index (χ2n) is 4.19. The standard InChI is InChI=1S/C10H19NS/c1-5-12-7-8(11)6-9(12)10(2,3)4/h6-7,12H,5,11H2,1-4H3. The lowest BCUT2D eigenvalue weighted by molar-refractivity contribution is 0.533. The van der Waals surface area contributed by atoms with E-state index in [0.29, 0.717) is 5.41 Å². The fraction of sp³-hybridized carbons (Fsp3) is 0.600. The van der Waals surface area contributed by atoms with Crippen molar-refractivity contribution in [3.8, 4) is 0 Å². The van der Waals surface area contributed by atoms with E-state index < -0.39 is 0 Å². The molecule has 1 aliphatic heterocycles. The van der Waals surface area contributed by atoms with Crippen LogP contribution in [0.4, 0.5) is 0 Å². The number of thiol groups is 1. The normalized spacial score (nSPS) is 26.8. The molecule has 70 valence electrons. The van der Waals surface area contributed by atoms with Crippen LogP contribution in [-0.4, -0.2) is 5.75 Å². The second kappa shape index (κ2) is 3.17. The van der Waals surface area contributed by atoms with E-state index in [1.54, 1.807) is 0 Å². The van der Waals surface area contributed by atoms with Crippen LogP contribution >= 0.6 is 10.9 Å². The Morgan fingerprint density at radius 3 is 2.33 bits per heavy atom. The van der Waals surface area contributed by atoms with Crippen molar-refractivity contribution >= 4 is 10.9 Å². The van der Waals surface area contributed by atoms with Gasteiger partial charge < -0.3 is 5.73 Å². The van der Waals surface area contributed by atoms with E-state index in [-0.39, 0.29) is 10.9 Å². The fourth-order valence-corrected chi connectivity index (χ4v) is 3.71. The highest BCUT2D eigenvalue weighted by atomic mass is 32.2. The smallest absolute Gasteiger partial charge is 0.0371 e. The molecule has 1 unspecified atom stereocenters. The van der Waals surface area contributed by atoms with Crippen LogP contribution in [0.3, 0.4) is 0 Å². The number of rotatable bonds is 1. The Balaban J connectivity index is 2.88. The van der Waals surface area contributed by atoms with Crippen molar-refractivity contribution < 1.29 is 0 Å². The first kappa shape index (κ1) is 9.72. The summed E-state index contributed by atoms with van der Waals surface area (Å²) in [4.78, 5) is 1.54. The van der Waals surface area contributed by atoms with Crippen LogP contribution < -0.4 is 5.73 Å². The maximum absolute atomic E-state index is 5.79. The molecule has 0 aromatic rings. The van der Waals surface area contributed by atoms with Gasteiger partial charge in [-0.15, -0.1) is 0 Å². The van der Waals surface area contributed by atoms with E-state index in [1.165, 1.54) is 10.7 Å². The molecule has 0 fully saturated rings. The monoisotopic (exact) mass is 185 g/mol. The van der Waals surface area contributed by atoms with Crippen molar-refractivity contribution in [1.82, 2.24) is 0 Å². The minimum atomic E-state index is -0.0597. The van der Waals surface area contributed by atoms with Crippen molar-refractivity contribution in [1.29, 1.82) is 0 Å². The minimum absolute atomic E-state index is 0.0597. The zero-order valence-electron chi connectivity index (χ0n) is 8.39. The highest BCUT2D eigenvalue weighted by Crippen LogP contribution is 2.50. The Morgan fingerprint density at radius 2 is 2.00 bits per heavy atom. The van der Waals surface area contributed by atoms with Crippen molar-refractivity contribution in [2.24, 2.45) is 11.1 Å². The van der Waals surface area contributed by atoms with Crippen molar-refractivity contribution in [3.05, 3.63) is 22.1 Å². The molecule has 0 amide bonds. The van der Waals surface area contributed by atoms with Crippen LogP contribution in [0.15, 0.2) is 22.1 Å². The van der Waals surface area contributed by atoms with E-state index in [0.717, 1.165) is 5.70 Å². The molecule has 0 radical (unpaired) electrons. The average Bonchev–Trinajstić information content (AvgIpc) is 2.29. The fourth-order valence-electron chi connectivity index (χ4n) is 1.44. The molecule has 1 aliphatic rings. The van der Waals surface area contributed by atoms with Crippen molar-refractivity contribution in [2.75, 3.05) is 5.75 Å². The van der Waals surface area contributed by atoms with Gasteiger partial charge in [-0.2, -0.15) is 0 Å². The van der Waals surface area contributed by atoms with Gasteiger partial charge in [0.2, 0.25) is 0 Å². The summed E-state index contributed by atoms with van der Waals surface area (Å²) in [5, 5.41) is 2.23. The third-order valence-corrected chi connectivity index (χ3v) is 4.74. The predicted molar refractivity (Wildman–Crippen MR) is 59.3 cm³/mol. The van der Waals surface area contributed by atoms with Gasteiger partial charge in [-0.3, -0.25) is 0 Å². The van der Waals surface area contributed by atoms with Crippen molar-refractivity contribution in [3.63, 3.8) is 0 Å². The van der Waals surface area contributed by atoms with Gasteiger partial charge in [-0.1, -0.05) is 27.7 Å². The van der Waals surface area contributed by atoms with Crippen LogP contribution in [0.5, 0.6) is 0 Å². The van der Waals surface area contributed by atoms with Gasteiger partial charge in [0.05, 0.1) is 0 Å². The van der Waals surface area contributed by atoms with Gasteiger partial charge in [0.1, 0.15) is 0 Å². The predicted octanol–water partition coefficient (Wildman–Crippen LogP) is 2.75. The first-order chi connectivity index (χ1) is 5.45. The molecule has 0 spiro atoms. The lowest BCUT2D eigenvalue weighted by atomic mass is 9.95. The van der Waals surface area contributed by atoms with Gasteiger partial charge >= 0.3 is 0 Å². The summed E-state index contributed by atoms with van der Waals surface area (Å²) in [6.45, 7) is 9.02. The van der Waals surface area contributed by atoms with Gasteiger partial charge in [0, 0.05) is 5.70 Å². The zero-order chi connectivity index (χ0) is 9.35. The lowest BCUT2D eigenvalue weighted by Crippen LogP contribution is -2.08. The Labute approximate surface area is 78.1 Å². The number of nitrogens with two attached hydrogens (primary N) is 1. The number of hydrogen-bond donors (Lipinski definition) is 2. The molecule has 12 heavy (non-hydrogen) atoms. The maximum atomic E-state index is 5.79. The van der Waals surface area contributed by atoms with Gasteiger partial charge in [0.15, 0.2) is 0 Å². The Kier molecular flexibility index (Phi) is 2.57. The van der Waals surface area contributed by atoms with Gasteiger partial charge in [0.25, 0.3) is 0 Å². The quantitative estimate of drug-likeness (QED) is 0.604. The second-order valence-corrected chi connectivity index (χ2v) is 6.51. The topological polar surface area (TPSA) is 26.0 Å². The Bertz CT molecular complexity index is 233. The Morgan fingerprint density at radius 1 is 1.42 bits per heavy atom. The van der Waals surface area contributed by atoms with Gasteiger partial charge in [-0.25, -0.2) is 10.9 Å². The molecule has 1 heterocycles. The SMILES string of the molecule is CC[SH]1C=C(N)C=C1C(C)(C)C. The zero-order valence-corrected chi connectivity index (χ0v) is 9.28. The third kappa shape index (κ3) is 1.86. The maximum Gasteiger partial charge on any atom is 0.0371 e.